The molecule has 6 nitrogen and oxygen atoms in total. The van der Waals surface area contributed by atoms with Crippen LogP contribution in [0.25, 0.3) is 0 Å². The zero-order chi connectivity index (χ0) is 17.3. The maximum atomic E-state index is 12.9. The highest BCUT2D eigenvalue weighted by Crippen LogP contribution is 2.39. The van der Waals surface area contributed by atoms with E-state index in [1.807, 2.05) is 0 Å². The second-order valence-electron chi connectivity index (χ2n) is 5.06. The quantitative estimate of drug-likeness (QED) is 0.393. The molecule has 0 aliphatic carbocycles. The summed E-state index contributed by atoms with van der Waals surface area (Å²) in [7, 11) is 1.69. The van der Waals surface area contributed by atoms with Crippen LogP contribution in [0, 0.1) is 10.7 Å². The Kier molecular flexibility index (Phi) is 6.75. The van der Waals surface area contributed by atoms with Crippen molar-refractivity contribution in [2.45, 2.75) is 6.92 Å². The summed E-state index contributed by atoms with van der Waals surface area (Å²) in [5.74, 6) is -0.172. The molecule has 2 amide bonds. The van der Waals surface area contributed by atoms with E-state index >= 15 is 0 Å². The molecular weight excluding hydrogens is 639 g/mol. The van der Waals surface area contributed by atoms with Crippen molar-refractivity contribution in [3.05, 3.63) is 16.3 Å². The molecule has 1 aromatic rings. The normalized spacial score (nSPS) is 14.7. The van der Waals surface area contributed by atoms with E-state index in [0.29, 0.717) is 43.2 Å². The Balaban J connectivity index is 2.59. The first kappa shape index (κ1) is 19.4. The zero-order valence-electron chi connectivity index (χ0n) is 12.7. The van der Waals surface area contributed by atoms with E-state index in [9.17, 15) is 9.59 Å². The Labute approximate surface area is 175 Å². The summed E-state index contributed by atoms with van der Waals surface area (Å²) in [4.78, 5) is 28.0. The van der Waals surface area contributed by atoms with E-state index in [-0.39, 0.29) is 11.8 Å². The number of nitrogens with two attached hydrogens (primary N) is 1. The van der Waals surface area contributed by atoms with Gasteiger partial charge in [-0.05, 0) is 67.8 Å². The number of nitrogens with zero attached hydrogens (tertiary/aromatic N) is 2. The molecule has 23 heavy (non-hydrogen) atoms. The fraction of sp³-hybridized carbons (Fsp3) is 0.429. The van der Waals surface area contributed by atoms with Gasteiger partial charge >= 0.3 is 0 Å². The molecule has 1 fully saturated rings. The lowest BCUT2D eigenvalue weighted by Crippen LogP contribution is -2.41. The summed E-state index contributed by atoms with van der Waals surface area (Å²) in [6.07, 6.45) is 0. The second-order valence-corrected chi connectivity index (χ2v) is 8.30. The summed E-state index contributed by atoms with van der Waals surface area (Å²) < 4.78 is 7.57. The Morgan fingerprint density at radius 1 is 1.13 bits per heavy atom. The topological polar surface area (TPSA) is 75.9 Å². The third kappa shape index (κ3) is 3.86. The number of morpholine rings is 1. The molecule has 0 radical (unpaired) electrons. The van der Waals surface area contributed by atoms with Crippen molar-refractivity contribution in [2.75, 3.05) is 44.0 Å². The van der Waals surface area contributed by atoms with E-state index in [1.165, 1.54) is 11.8 Å². The number of carbonyl (C=O) groups excluding carboxylic acids is 2. The predicted molar refractivity (Wildman–Crippen MR) is 115 cm³/mol. The average Bonchev–Trinajstić information content (AvgIpc) is 2.53. The number of anilines is 2. The van der Waals surface area contributed by atoms with Gasteiger partial charge in [-0.1, -0.05) is 0 Å². The van der Waals surface area contributed by atoms with Gasteiger partial charge in [0.05, 0.1) is 40.9 Å². The number of amides is 2. The number of benzene rings is 1. The summed E-state index contributed by atoms with van der Waals surface area (Å²) in [5.41, 5.74) is 7.99. The Morgan fingerprint density at radius 2 is 1.70 bits per heavy atom. The number of halogens is 3. The SMILES string of the molecule is CC(=O)N(C)c1c(I)c(N)c(I)c(C(=O)N2CCOCC2)c1I. The van der Waals surface area contributed by atoms with Crippen molar-refractivity contribution in [1.82, 2.24) is 4.90 Å². The third-order valence-corrected chi connectivity index (χ3v) is 6.91. The maximum absolute atomic E-state index is 12.9. The minimum atomic E-state index is -0.105. The van der Waals surface area contributed by atoms with Crippen LogP contribution in [0.5, 0.6) is 0 Å². The fourth-order valence-electron chi connectivity index (χ4n) is 2.23. The molecule has 0 spiro atoms. The first-order valence-corrected chi connectivity index (χ1v) is 10.1. The fourth-order valence-corrected chi connectivity index (χ4v) is 6.59. The first-order chi connectivity index (χ1) is 10.8. The minimum absolute atomic E-state index is 0.0663. The van der Waals surface area contributed by atoms with Gasteiger partial charge in [-0.25, -0.2) is 0 Å². The molecule has 0 bridgehead atoms. The summed E-state index contributed by atoms with van der Waals surface area (Å²) in [6.45, 7) is 3.70. The van der Waals surface area contributed by atoms with Gasteiger partial charge in [0.1, 0.15) is 0 Å². The van der Waals surface area contributed by atoms with Crippen LogP contribution in [0.4, 0.5) is 11.4 Å². The Hall–Kier alpha value is 0.110. The molecule has 2 rings (SSSR count). The summed E-state index contributed by atoms with van der Waals surface area (Å²) >= 11 is 6.37. The van der Waals surface area contributed by atoms with E-state index in [2.05, 4.69) is 67.8 Å². The van der Waals surface area contributed by atoms with Crippen LogP contribution in [0.3, 0.4) is 0 Å². The number of hydrogen-bond donors (Lipinski definition) is 1. The predicted octanol–water partition coefficient (Wildman–Crippen LogP) is 2.54. The highest BCUT2D eigenvalue weighted by Gasteiger charge is 2.29. The molecule has 1 aromatic carbocycles. The van der Waals surface area contributed by atoms with Crippen LogP contribution in [0.1, 0.15) is 17.3 Å². The van der Waals surface area contributed by atoms with Crippen LogP contribution < -0.4 is 10.6 Å². The van der Waals surface area contributed by atoms with E-state index in [0.717, 1.165) is 10.7 Å². The lowest BCUT2D eigenvalue weighted by atomic mass is 10.1. The molecule has 0 saturated carbocycles. The number of nitrogen functional groups attached to an aromatic ring is 1. The van der Waals surface area contributed by atoms with Crippen molar-refractivity contribution < 1.29 is 14.3 Å². The maximum Gasteiger partial charge on any atom is 0.256 e. The molecule has 1 aliphatic heterocycles. The lowest BCUT2D eigenvalue weighted by molar-refractivity contribution is -0.116. The van der Waals surface area contributed by atoms with Gasteiger partial charge < -0.3 is 20.3 Å². The van der Waals surface area contributed by atoms with Crippen molar-refractivity contribution in [3.63, 3.8) is 0 Å². The molecule has 0 atom stereocenters. The Morgan fingerprint density at radius 3 is 2.22 bits per heavy atom. The van der Waals surface area contributed by atoms with Crippen molar-refractivity contribution in [2.24, 2.45) is 0 Å². The second kappa shape index (κ2) is 7.99. The van der Waals surface area contributed by atoms with E-state index in [1.54, 1.807) is 11.9 Å². The van der Waals surface area contributed by atoms with Crippen molar-refractivity contribution >= 4 is 91.0 Å². The summed E-state index contributed by atoms with van der Waals surface area (Å²) in [5, 5.41) is 0. The largest absolute Gasteiger partial charge is 0.397 e. The average molecular weight is 655 g/mol. The molecule has 0 unspecified atom stereocenters. The Bertz CT molecular complexity index is 661. The van der Waals surface area contributed by atoms with Gasteiger partial charge in [-0.3, -0.25) is 9.59 Å². The van der Waals surface area contributed by atoms with Crippen LogP contribution in [0.2, 0.25) is 0 Å². The number of hydrogen-bond acceptors (Lipinski definition) is 4. The first-order valence-electron chi connectivity index (χ1n) is 6.84. The standard InChI is InChI=1S/C14H16I3N3O3/c1-7(21)19(2)13-10(16)8(9(15)12(18)11(13)17)14(22)20-3-5-23-6-4-20/h3-6,18H2,1-2H3. The van der Waals surface area contributed by atoms with Crippen LogP contribution in [0.15, 0.2) is 0 Å². The molecule has 1 aliphatic rings. The highest BCUT2D eigenvalue weighted by molar-refractivity contribution is 14.1. The molecule has 0 aromatic heterocycles. The third-order valence-electron chi connectivity index (χ3n) is 3.65. The molecule has 9 heteroatoms. The van der Waals surface area contributed by atoms with Gasteiger partial charge in [0.25, 0.3) is 5.91 Å². The molecule has 1 saturated heterocycles. The number of ether oxygens (including phenoxy) is 1. The molecule has 1 heterocycles. The number of carbonyl (C=O) groups is 2. The lowest BCUT2D eigenvalue weighted by Gasteiger charge is -2.29. The van der Waals surface area contributed by atoms with Gasteiger partial charge in [-0.15, -0.1) is 0 Å². The molecule has 2 N–H and O–H groups in total. The smallest absolute Gasteiger partial charge is 0.256 e. The van der Waals surface area contributed by atoms with Crippen molar-refractivity contribution in [3.8, 4) is 0 Å². The van der Waals surface area contributed by atoms with E-state index < -0.39 is 0 Å². The van der Waals surface area contributed by atoms with Crippen LogP contribution in [-0.2, 0) is 9.53 Å². The van der Waals surface area contributed by atoms with Gasteiger partial charge in [-0.2, -0.15) is 0 Å². The number of rotatable bonds is 2. The minimum Gasteiger partial charge on any atom is -0.397 e. The monoisotopic (exact) mass is 655 g/mol. The van der Waals surface area contributed by atoms with Gasteiger partial charge in [0, 0.05) is 27.1 Å². The van der Waals surface area contributed by atoms with E-state index in [4.69, 9.17) is 10.5 Å². The highest BCUT2D eigenvalue weighted by atomic mass is 127. The molecule has 126 valence electrons. The van der Waals surface area contributed by atoms with Crippen LogP contribution >= 0.6 is 67.8 Å². The zero-order valence-corrected chi connectivity index (χ0v) is 19.1. The van der Waals surface area contributed by atoms with Gasteiger partial charge in [0.2, 0.25) is 5.91 Å². The van der Waals surface area contributed by atoms with Crippen molar-refractivity contribution in [1.29, 1.82) is 0 Å². The summed E-state index contributed by atoms with van der Waals surface area (Å²) in [6, 6.07) is 0. The van der Waals surface area contributed by atoms with Gasteiger partial charge in [0.15, 0.2) is 0 Å². The van der Waals surface area contributed by atoms with Crippen LogP contribution in [-0.4, -0.2) is 50.1 Å². The molecular formula is C14H16I3N3O3.